The molecule has 3 rings (SSSR count). The van der Waals surface area contributed by atoms with E-state index in [0.717, 1.165) is 17.1 Å². The van der Waals surface area contributed by atoms with Crippen molar-refractivity contribution in [2.45, 2.75) is 0 Å². The van der Waals surface area contributed by atoms with Crippen LogP contribution >= 0.6 is 0 Å². The molecule has 0 amide bonds. The van der Waals surface area contributed by atoms with E-state index in [-0.39, 0.29) is 0 Å². The van der Waals surface area contributed by atoms with Crippen molar-refractivity contribution in [2.24, 2.45) is 0 Å². The highest BCUT2D eigenvalue weighted by Crippen LogP contribution is 2.26. The van der Waals surface area contributed by atoms with Gasteiger partial charge in [-0.25, -0.2) is 4.79 Å². The number of rotatable bonds is 2. The number of hydrogen-bond acceptors (Lipinski definition) is 4. The Balaban J connectivity index is 2.03. The minimum atomic E-state index is -0.442. The molecule has 0 aliphatic carbocycles. The van der Waals surface area contributed by atoms with Crippen molar-refractivity contribution >= 4 is 28.2 Å². The van der Waals surface area contributed by atoms with Gasteiger partial charge >= 0.3 is 5.76 Å². The lowest BCUT2D eigenvalue weighted by Crippen LogP contribution is -2.09. The monoisotopic (exact) mass is 255 g/mol. The fraction of sp³-hybridized carbons (Fsp3) is 0.0714. The summed E-state index contributed by atoms with van der Waals surface area (Å²) < 4.78 is 4.98. The Labute approximate surface area is 109 Å². The fourth-order valence-electron chi connectivity index (χ4n) is 2.00. The number of nitrogens with zero attached hydrogens (tertiary/aromatic N) is 1. The molecule has 0 aliphatic rings. The van der Waals surface area contributed by atoms with Crippen LogP contribution in [0.2, 0.25) is 0 Å². The van der Waals surface area contributed by atoms with Gasteiger partial charge in [-0.2, -0.15) is 0 Å². The average Bonchev–Trinajstić information content (AvgIpc) is 2.77. The molecule has 0 bridgehead atoms. The number of nitrogens with two attached hydrogens (primary N) is 1. The number of aromatic amines is 1. The van der Waals surface area contributed by atoms with Crippen molar-refractivity contribution in [3.63, 3.8) is 0 Å². The number of oxazole rings is 1. The third-order valence-electron chi connectivity index (χ3n) is 3.07. The predicted molar refractivity (Wildman–Crippen MR) is 75.8 cm³/mol. The van der Waals surface area contributed by atoms with E-state index in [1.54, 1.807) is 6.07 Å². The summed E-state index contributed by atoms with van der Waals surface area (Å²) in [4.78, 5) is 15.8. The van der Waals surface area contributed by atoms with Crippen LogP contribution in [0.1, 0.15) is 0 Å². The standard InChI is InChI=1S/C14H13N3O2/c1-17(10-4-2-9(15)3-5-10)11-6-7-13-12(8-11)16-14(18)19-13/h2-8H,15H2,1H3,(H,16,18). The zero-order valence-corrected chi connectivity index (χ0v) is 10.4. The molecule has 0 saturated heterocycles. The molecule has 3 aromatic rings. The molecule has 3 N–H and O–H groups in total. The van der Waals surface area contributed by atoms with Crippen molar-refractivity contribution in [3.05, 3.63) is 53.0 Å². The second kappa shape index (κ2) is 4.20. The Hall–Kier alpha value is -2.69. The molecule has 0 atom stereocenters. The summed E-state index contributed by atoms with van der Waals surface area (Å²) in [6.07, 6.45) is 0. The van der Waals surface area contributed by atoms with Crippen molar-refractivity contribution in [1.29, 1.82) is 0 Å². The highest BCUT2D eigenvalue weighted by molar-refractivity contribution is 5.79. The van der Waals surface area contributed by atoms with Crippen LogP contribution in [-0.2, 0) is 0 Å². The summed E-state index contributed by atoms with van der Waals surface area (Å²) in [6, 6.07) is 13.1. The van der Waals surface area contributed by atoms with E-state index in [1.165, 1.54) is 0 Å². The van der Waals surface area contributed by atoms with Crippen LogP contribution < -0.4 is 16.4 Å². The van der Waals surface area contributed by atoms with E-state index in [1.807, 2.05) is 48.3 Å². The topological polar surface area (TPSA) is 75.3 Å². The van der Waals surface area contributed by atoms with Crippen LogP contribution in [-0.4, -0.2) is 12.0 Å². The van der Waals surface area contributed by atoms with Gasteiger partial charge in [0.05, 0.1) is 5.52 Å². The number of aromatic nitrogens is 1. The normalized spacial score (nSPS) is 10.8. The van der Waals surface area contributed by atoms with E-state index in [4.69, 9.17) is 10.2 Å². The zero-order chi connectivity index (χ0) is 13.4. The molecule has 1 heterocycles. The third kappa shape index (κ3) is 2.06. The number of nitrogen functional groups attached to an aromatic ring is 1. The first-order valence-electron chi connectivity index (χ1n) is 5.85. The van der Waals surface area contributed by atoms with Crippen LogP contribution in [0.4, 0.5) is 17.1 Å². The summed E-state index contributed by atoms with van der Waals surface area (Å²) in [5, 5.41) is 0. The maximum absolute atomic E-state index is 11.1. The molecule has 19 heavy (non-hydrogen) atoms. The van der Waals surface area contributed by atoms with Crippen molar-refractivity contribution in [2.75, 3.05) is 17.7 Å². The molecule has 0 aliphatic heterocycles. The maximum Gasteiger partial charge on any atom is 0.417 e. The highest BCUT2D eigenvalue weighted by atomic mass is 16.4. The molecule has 2 aromatic carbocycles. The van der Waals surface area contributed by atoms with Gasteiger partial charge in [0, 0.05) is 24.1 Å². The van der Waals surface area contributed by atoms with E-state index in [0.29, 0.717) is 11.1 Å². The summed E-state index contributed by atoms with van der Waals surface area (Å²) >= 11 is 0. The molecule has 96 valence electrons. The summed E-state index contributed by atoms with van der Waals surface area (Å²) in [5.41, 5.74) is 9.61. The fourth-order valence-corrected chi connectivity index (χ4v) is 2.00. The van der Waals surface area contributed by atoms with Gasteiger partial charge in [-0.1, -0.05) is 0 Å². The van der Waals surface area contributed by atoms with Crippen molar-refractivity contribution in [1.82, 2.24) is 4.98 Å². The number of nitrogens with one attached hydrogen (secondary N) is 1. The summed E-state index contributed by atoms with van der Waals surface area (Å²) in [6.45, 7) is 0. The number of anilines is 3. The quantitative estimate of drug-likeness (QED) is 0.690. The van der Waals surface area contributed by atoms with Crippen LogP contribution in [0.5, 0.6) is 0 Å². The molecule has 0 spiro atoms. The van der Waals surface area contributed by atoms with Crippen molar-refractivity contribution in [3.8, 4) is 0 Å². The third-order valence-corrected chi connectivity index (χ3v) is 3.07. The minimum Gasteiger partial charge on any atom is -0.408 e. The largest absolute Gasteiger partial charge is 0.417 e. The van der Waals surface area contributed by atoms with Crippen LogP contribution in [0.15, 0.2) is 51.7 Å². The van der Waals surface area contributed by atoms with Gasteiger partial charge in [-0.3, -0.25) is 4.98 Å². The Morgan fingerprint density at radius 2 is 1.79 bits per heavy atom. The lowest BCUT2D eigenvalue weighted by atomic mass is 10.2. The first-order valence-corrected chi connectivity index (χ1v) is 5.85. The summed E-state index contributed by atoms with van der Waals surface area (Å²) in [5.74, 6) is -0.442. The number of benzene rings is 2. The molecule has 5 heteroatoms. The molecule has 5 nitrogen and oxygen atoms in total. The molecule has 0 saturated carbocycles. The number of H-pyrrole nitrogens is 1. The number of fused-ring (bicyclic) bond motifs is 1. The molecule has 0 radical (unpaired) electrons. The average molecular weight is 255 g/mol. The van der Waals surface area contributed by atoms with E-state index in [9.17, 15) is 4.79 Å². The summed E-state index contributed by atoms with van der Waals surface area (Å²) in [7, 11) is 1.95. The minimum absolute atomic E-state index is 0.442. The van der Waals surface area contributed by atoms with Gasteiger partial charge in [-0.05, 0) is 42.5 Å². The molecule has 1 aromatic heterocycles. The van der Waals surface area contributed by atoms with Crippen LogP contribution in [0.3, 0.4) is 0 Å². The van der Waals surface area contributed by atoms with Gasteiger partial charge < -0.3 is 15.1 Å². The Kier molecular flexibility index (Phi) is 2.52. The van der Waals surface area contributed by atoms with Gasteiger partial charge in [0.2, 0.25) is 0 Å². The first kappa shape index (κ1) is 11.4. The van der Waals surface area contributed by atoms with Crippen molar-refractivity contribution < 1.29 is 4.42 Å². The zero-order valence-electron chi connectivity index (χ0n) is 10.4. The van der Waals surface area contributed by atoms with E-state index < -0.39 is 5.76 Å². The second-order valence-corrected chi connectivity index (χ2v) is 4.35. The van der Waals surface area contributed by atoms with E-state index in [2.05, 4.69) is 4.98 Å². The molecular weight excluding hydrogens is 242 g/mol. The number of hydrogen-bond donors (Lipinski definition) is 2. The van der Waals surface area contributed by atoms with Gasteiger partial charge in [0.25, 0.3) is 0 Å². The molecule has 0 unspecified atom stereocenters. The Morgan fingerprint density at radius 3 is 2.53 bits per heavy atom. The molecule has 0 fully saturated rings. The van der Waals surface area contributed by atoms with Gasteiger partial charge in [0.15, 0.2) is 5.58 Å². The maximum atomic E-state index is 11.1. The lowest BCUT2D eigenvalue weighted by molar-refractivity contribution is 0.555. The van der Waals surface area contributed by atoms with E-state index >= 15 is 0 Å². The first-order chi connectivity index (χ1) is 9.13. The lowest BCUT2D eigenvalue weighted by Gasteiger charge is -2.19. The van der Waals surface area contributed by atoms with Gasteiger partial charge in [-0.15, -0.1) is 0 Å². The van der Waals surface area contributed by atoms with Crippen LogP contribution in [0.25, 0.3) is 11.1 Å². The SMILES string of the molecule is CN(c1ccc(N)cc1)c1ccc2oc(=O)[nH]c2c1. The predicted octanol–water partition coefficient (Wildman–Crippen LogP) is 2.47. The van der Waals surface area contributed by atoms with Gasteiger partial charge in [0.1, 0.15) is 0 Å². The van der Waals surface area contributed by atoms with Crippen LogP contribution in [0, 0.1) is 0 Å². The smallest absolute Gasteiger partial charge is 0.408 e. The Bertz CT molecular complexity index is 771. The molecular formula is C14H13N3O2. The Morgan fingerprint density at radius 1 is 1.11 bits per heavy atom. The second-order valence-electron chi connectivity index (χ2n) is 4.35. The highest BCUT2D eigenvalue weighted by Gasteiger charge is 2.07.